The molecule has 0 amide bonds. The predicted molar refractivity (Wildman–Crippen MR) is 60.6 cm³/mol. The van der Waals surface area contributed by atoms with Crippen LogP contribution in [0.5, 0.6) is 5.75 Å². The van der Waals surface area contributed by atoms with Crippen LogP contribution >= 0.6 is 0 Å². The topological polar surface area (TPSA) is 21.6 Å². The van der Waals surface area contributed by atoms with Gasteiger partial charge in [-0.3, -0.25) is 4.99 Å². The fourth-order valence-electron chi connectivity index (χ4n) is 2.18. The highest BCUT2D eigenvalue weighted by Crippen LogP contribution is 2.41. The number of dihydropyridines is 1. The van der Waals surface area contributed by atoms with E-state index in [9.17, 15) is 0 Å². The summed E-state index contributed by atoms with van der Waals surface area (Å²) in [7, 11) is 0. The molecule has 76 valence electrons. The molecule has 2 unspecified atom stereocenters. The minimum Gasteiger partial charge on any atom is -0.483 e. The molecule has 0 aromatic heterocycles. The first kappa shape index (κ1) is 8.72. The lowest BCUT2D eigenvalue weighted by atomic mass is 10.00. The maximum atomic E-state index is 5.82. The average molecular weight is 199 g/mol. The van der Waals surface area contributed by atoms with Crippen LogP contribution < -0.4 is 4.74 Å². The number of hydrogen-bond donors (Lipinski definition) is 0. The van der Waals surface area contributed by atoms with Crippen molar-refractivity contribution in [2.75, 3.05) is 0 Å². The van der Waals surface area contributed by atoms with E-state index in [2.05, 4.69) is 30.1 Å². The van der Waals surface area contributed by atoms with Crippen molar-refractivity contribution in [1.29, 1.82) is 0 Å². The molecule has 0 fully saturated rings. The zero-order valence-corrected chi connectivity index (χ0v) is 8.90. The molecule has 0 saturated heterocycles. The Labute approximate surface area is 89.3 Å². The van der Waals surface area contributed by atoms with E-state index in [0.29, 0.717) is 0 Å². The molecule has 0 aliphatic carbocycles. The van der Waals surface area contributed by atoms with Gasteiger partial charge in [0, 0.05) is 11.3 Å². The van der Waals surface area contributed by atoms with Gasteiger partial charge in [-0.1, -0.05) is 17.7 Å². The van der Waals surface area contributed by atoms with E-state index >= 15 is 0 Å². The molecule has 2 aliphatic heterocycles. The fourth-order valence-corrected chi connectivity index (χ4v) is 2.18. The Bertz CT molecular complexity index is 473. The van der Waals surface area contributed by atoms with E-state index in [1.165, 1.54) is 11.1 Å². The van der Waals surface area contributed by atoms with E-state index in [0.717, 1.165) is 11.5 Å². The zero-order chi connectivity index (χ0) is 10.4. The van der Waals surface area contributed by atoms with Crippen LogP contribution in [0.1, 0.15) is 24.1 Å². The van der Waals surface area contributed by atoms with Gasteiger partial charge in [-0.2, -0.15) is 0 Å². The Morgan fingerprint density at radius 3 is 3.00 bits per heavy atom. The number of aliphatic imine (C=N–C) groups is 1. The molecular weight excluding hydrogens is 186 g/mol. The minimum absolute atomic E-state index is 0.102. The van der Waals surface area contributed by atoms with Crippen molar-refractivity contribution >= 4 is 5.71 Å². The van der Waals surface area contributed by atoms with Crippen LogP contribution in [0.15, 0.2) is 35.3 Å². The molecular formula is C13H13NO. The molecule has 1 aromatic rings. The standard InChI is InChI=1S/C13H13NO/c1-8-3-5-11-10(7-8)13-12(15-11)6-4-9(2)14-13/h3-7,12-13H,1-2H3. The summed E-state index contributed by atoms with van der Waals surface area (Å²) in [5.74, 6) is 0.985. The van der Waals surface area contributed by atoms with Crippen LogP contribution in [0.2, 0.25) is 0 Å². The summed E-state index contributed by atoms with van der Waals surface area (Å²) < 4.78 is 5.82. The van der Waals surface area contributed by atoms with Crippen LogP contribution in [0, 0.1) is 6.92 Å². The SMILES string of the molecule is CC1=NC2c3cc(C)ccc3OC2C=C1. The van der Waals surface area contributed by atoms with Crippen LogP contribution in [0.4, 0.5) is 0 Å². The highest BCUT2D eigenvalue weighted by Gasteiger charge is 2.33. The maximum absolute atomic E-state index is 5.82. The molecule has 2 heterocycles. The van der Waals surface area contributed by atoms with Gasteiger partial charge in [0.15, 0.2) is 0 Å². The predicted octanol–water partition coefficient (Wildman–Crippen LogP) is 2.83. The second-order valence-electron chi connectivity index (χ2n) is 4.20. The van der Waals surface area contributed by atoms with E-state index in [4.69, 9.17) is 4.74 Å². The average Bonchev–Trinajstić information content (AvgIpc) is 2.56. The number of benzene rings is 1. The summed E-state index contributed by atoms with van der Waals surface area (Å²) in [6.07, 6.45) is 4.23. The van der Waals surface area contributed by atoms with Gasteiger partial charge < -0.3 is 4.74 Å². The van der Waals surface area contributed by atoms with Gasteiger partial charge in [-0.25, -0.2) is 0 Å². The van der Waals surface area contributed by atoms with Crippen molar-refractivity contribution < 1.29 is 4.74 Å². The number of hydrogen-bond acceptors (Lipinski definition) is 2. The molecule has 15 heavy (non-hydrogen) atoms. The summed E-state index contributed by atoms with van der Waals surface area (Å²) >= 11 is 0. The fraction of sp³-hybridized carbons (Fsp3) is 0.308. The van der Waals surface area contributed by atoms with Crippen LogP contribution in [-0.4, -0.2) is 11.8 Å². The van der Waals surface area contributed by atoms with Crippen LogP contribution in [0.3, 0.4) is 0 Å². The molecule has 0 saturated carbocycles. The largest absolute Gasteiger partial charge is 0.483 e. The van der Waals surface area contributed by atoms with Crippen molar-refractivity contribution in [3.63, 3.8) is 0 Å². The van der Waals surface area contributed by atoms with E-state index < -0.39 is 0 Å². The Morgan fingerprint density at radius 1 is 1.27 bits per heavy atom. The van der Waals surface area contributed by atoms with Crippen LogP contribution in [-0.2, 0) is 0 Å². The normalized spacial score (nSPS) is 26.7. The van der Waals surface area contributed by atoms with Gasteiger partial charge in [-0.05, 0) is 32.1 Å². The molecule has 0 bridgehead atoms. The zero-order valence-electron chi connectivity index (χ0n) is 8.90. The molecule has 3 rings (SSSR count). The monoisotopic (exact) mass is 199 g/mol. The Hall–Kier alpha value is -1.57. The first-order valence-corrected chi connectivity index (χ1v) is 5.24. The van der Waals surface area contributed by atoms with E-state index in [1.54, 1.807) is 0 Å². The second-order valence-corrected chi connectivity index (χ2v) is 4.20. The lowest BCUT2D eigenvalue weighted by Crippen LogP contribution is -2.18. The van der Waals surface area contributed by atoms with E-state index in [1.807, 2.05) is 19.1 Å². The highest BCUT2D eigenvalue weighted by atomic mass is 16.5. The summed E-state index contributed by atoms with van der Waals surface area (Å²) in [4.78, 5) is 4.63. The molecule has 2 aliphatic rings. The van der Waals surface area contributed by atoms with Gasteiger partial charge in [0.05, 0.1) is 0 Å². The number of rotatable bonds is 0. The molecule has 2 atom stereocenters. The third-order valence-corrected chi connectivity index (χ3v) is 2.93. The van der Waals surface area contributed by atoms with Crippen molar-refractivity contribution in [2.24, 2.45) is 4.99 Å². The summed E-state index contributed by atoms with van der Waals surface area (Å²) in [5.41, 5.74) is 3.57. The number of aryl methyl sites for hydroxylation is 1. The lowest BCUT2D eigenvalue weighted by Gasteiger charge is -2.16. The van der Waals surface area contributed by atoms with Gasteiger partial charge in [-0.15, -0.1) is 0 Å². The molecule has 0 radical (unpaired) electrons. The molecule has 2 heteroatoms. The van der Waals surface area contributed by atoms with Crippen molar-refractivity contribution in [1.82, 2.24) is 0 Å². The van der Waals surface area contributed by atoms with Gasteiger partial charge in [0.2, 0.25) is 0 Å². The minimum atomic E-state index is 0.102. The van der Waals surface area contributed by atoms with Gasteiger partial charge in [0.1, 0.15) is 17.9 Å². The number of nitrogens with zero attached hydrogens (tertiary/aromatic N) is 1. The number of ether oxygens (including phenoxy) is 1. The Morgan fingerprint density at radius 2 is 2.13 bits per heavy atom. The smallest absolute Gasteiger partial charge is 0.144 e. The Kier molecular flexibility index (Phi) is 1.72. The summed E-state index contributed by atoms with van der Waals surface area (Å²) in [5, 5.41) is 0. The van der Waals surface area contributed by atoms with Gasteiger partial charge in [0.25, 0.3) is 0 Å². The molecule has 0 N–H and O–H groups in total. The molecule has 2 nitrogen and oxygen atoms in total. The lowest BCUT2D eigenvalue weighted by molar-refractivity contribution is 0.256. The summed E-state index contributed by atoms with van der Waals surface area (Å²) in [6, 6.07) is 6.47. The highest BCUT2D eigenvalue weighted by molar-refractivity contribution is 5.94. The maximum Gasteiger partial charge on any atom is 0.144 e. The number of allylic oxidation sites excluding steroid dienone is 1. The second kappa shape index (κ2) is 2.96. The first-order valence-electron chi connectivity index (χ1n) is 5.24. The quantitative estimate of drug-likeness (QED) is 0.629. The molecule has 0 spiro atoms. The Balaban J connectivity index is 2.11. The van der Waals surface area contributed by atoms with Crippen molar-refractivity contribution in [2.45, 2.75) is 26.0 Å². The van der Waals surface area contributed by atoms with Crippen molar-refractivity contribution in [3.05, 3.63) is 41.5 Å². The third-order valence-electron chi connectivity index (χ3n) is 2.93. The van der Waals surface area contributed by atoms with Crippen molar-refractivity contribution in [3.8, 4) is 5.75 Å². The van der Waals surface area contributed by atoms with Gasteiger partial charge >= 0.3 is 0 Å². The number of fused-ring (bicyclic) bond motifs is 3. The third kappa shape index (κ3) is 1.29. The van der Waals surface area contributed by atoms with E-state index in [-0.39, 0.29) is 12.1 Å². The molecule has 1 aromatic carbocycles. The summed E-state index contributed by atoms with van der Waals surface area (Å²) in [6.45, 7) is 4.13. The first-order chi connectivity index (χ1) is 7.24. The van der Waals surface area contributed by atoms with Crippen LogP contribution in [0.25, 0.3) is 0 Å².